The summed E-state index contributed by atoms with van der Waals surface area (Å²) in [5.74, 6) is -0.166. The highest BCUT2D eigenvalue weighted by Gasteiger charge is 2.44. The van der Waals surface area contributed by atoms with Gasteiger partial charge >= 0.3 is 5.97 Å². The highest BCUT2D eigenvalue weighted by Crippen LogP contribution is 2.24. The van der Waals surface area contributed by atoms with Gasteiger partial charge in [0.05, 0.1) is 32.0 Å². The van der Waals surface area contributed by atoms with Crippen LogP contribution in [0.5, 0.6) is 0 Å². The number of carbonyl (C=O) groups is 2. The molecule has 512 valence electrons. The number of rotatable bonds is 67. The maximum Gasteiger partial charge on any atom is 0.305 e. The number of hydrogen-bond acceptors (Lipinski definition) is 10. The molecule has 1 rings (SSSR count). The minimum atomic E-state index is -1.57. The molecule has 1 aliphatic rings. The van der Waals surface area contributed by atoms with Gasteiger partial charge in [-0.05, 0) is 64.2 Å². The normalized spacial score (nSPS) is 18.0. The number of allylic oxidation sites excluding steroid dienone is 5. The SMILES string of the molecule is CCCCCCCCCC/C=C/C(O)C(COC1OC(CO)C(O)C(O)C1O)NC(=O)CCCCCCCCCCCCCCCCCCC/C=C\C/C=C\CCCCCCCCCCCCCOC(=O)CCCCCCCCCCCCCCCC. The van der Waals surface area contributed by atoms with E-state index in [0.29, 0.717) is 19.4 Å². The van der Waals surface area contributed by atoms with Crippen molar-refractivity contribution in [2.75, 3.05) is 19.8 Å². The van der Waals surface area contributed by atoms with E-state index in [1.165, 1.54) is 289 Å². The number of carbonyl (C=O) groups excluding carboxylic acids is 2. The van der Waals surface area contributed by atoms with Gasteiger partial charge in [0.1, 0.15) is 24.4 Å². The van der Waals surface area contributed by atoms with Crippen LogP contribution in [0.4, 0.5) is 0 Å². The number of nitrogens with one attached hydrogen (secondary N) is 1. The first-order valence-corrected chi connectivity index (χ1v) is 37.8. The van der Waals surface area contributed by atoms with E-state index in [1.807, 2.05) is 6.08 Å². The fourth-order valence-electron chi connectivity index (χ4n) is 12.1. The summed E-state index contributed by atoms with van der Waals surface area (Å²) in [4.78, 5) is 25.1. The first-order valence-electron chi connectivity index (χ1n) is 37.8. The van der Waals surface area contributed by atoms with Crippen molar-refractivity contribution >= 4 is 11.9 Å². The molecular formula is C76H143NO10. The summed E-state index contributed by atoms with van der Waals surface area (Å²) >= 11 is 0. The Balaban J connectivity index is 1.90. The van der Waals surface area contributed by atoms with E-state index >= 15 is 0 Å². The minimum absolute atomic E-state index is 0.0128. The topological polar surface area (TPSA) is 175 Å². The molecule has 0 radical (unpaired) electrons. The maximum absolute atomic E-state index is 13.0. The number of hydrogen-bond donors (Lipinski definition) is 6. The predicted molar refractivity (Wildman–Crippen MR) is 366 cm³/mol. The van der Waals surface area contributed by atoms with Crippen molar-refractivity contribution in [3.8, 4) is 0 Å². The number of amides is 1. The van der Waals surface area contributed by atoms with Crippen molar-refractivity contribution in [1.82, 2.24) is 5.32 Å². The molecule has 7 unspecified atom stereocenters. The Morgan fingerprint density at radius 1 is 0.425 bits per heavy atom. The molecule has 11 nitrogen and oxygen atoms in total. The largest absolute Gasteiger partial charge is 0.466 e. The van der Waals surface area contributed by atoms with E-state index in [2.05, 4.69) is 43.5 Å². The molecule has 0 bridgehead atoms. The molecule has 1 fully saturated rings. The summed E-state index contributed by atoms with van der Waals surface area (Å²) in [5, 5.41) is 54.4. The third kappa shape index (κ3) is 54.2. The summed E-state index contributed by atoms with van der Waals surface area (Å²) in [6.07, 6.45) is 74.5. The van der Waals surface area contributed by atoms with E-state index < -0.39 is 49.5 Å². The molecule has 0 aromatic heterocycles. The van der Waals surface area contributed by atoms with Crippen LogP contribution in [0.25, 0.3) is 0 Å². The second-order valence-electron chi connectivity index (χ2n) is 26.4. The lowest BCUT2D eigenvalue weighted by Crippen LogP contribution is -2.60. The molecule has 0 aromatic rings. The van der Waals surface area contributed by atoms with Gasteiger partial charge in [0.2, 0.25) is 5.91 Å². The van der Waals surface area contributed by atoms with Crippen LogP contribution in [0.2, 0.25) is 0 Å². The van der Waals surface area contributed by atoms with Gasteiger partial charge in [0.15, 0.2) is 6.29 Å². The Hall–Kier alpha value is -2.12. The van der Waals surface area contributed by atoms with Gasteiger partial charge in [-0.15, -0.1) is 0 Å². The molecule has 6 N–H and O–H groups in total. The van der Waals surface area contributed by atoms with Crippen LogP contribution in [0, 0.1) is 0 Å². The second kappa shape index (κ2) is 65.4. The number of ether oxygens (including phenoxy) is 3. The fourth-order valence-corrected chi connectivity index (χ4v) is 12.1. The van der Waals surface area contributed by atoms with Crippen molar-refractivity contribution in [1.29, 1.82) is 0 Å². The van der Waals surface area contributed by atoms with E-state index in [0.717, 1.165) is 57.8 Å². The summed E-state index contributed by atoms with van der Waals surface area (Å²) in [6.45, 7) is 4.37. The average Bonchev–Trinajstić information content (AvgIpc) is 2.25. The van der Waals surface area contributed by atoms with Crippen LogP contribution in [0.15, 0.2) is 36.5 Å². The first-order chi connectivity index (χ1) is 42.7. The monoisotopic (exact) mass is 1230 g/mol. The van der Waals surface area contributed by atoms with Crippen molar-refractivity contribution in [3.05, 3.63) is 36.5 Å². The molecule has 1 heterocycles. The zero-order valence-electron chi connectivity index (χ0n) is 57.0. The molecule has 0 spiro atoms. The number of esters is 1. The molecular weight excluding hydrogens is 1090 g/mol. The van der Waals surface area contributed by atoms with Crippen LogP contribution < -0.4 is 5.32 Å². The maximum atomic E-state index is 13.0. The minimum Gasteiger partial charge on any atom is -0.466 e. The highest BCUT2D eigenvalue weighted by molar-refractivity contribution is 5.76. The molecule has 1 aliphatic heterocycles. The summed E-state index contributed by atoms with van der Waals surface area (Å²) < 4.78 is 16.7. The summed E-state index contributed by atoms with van der Waals surface area (Å²) in [6, 6.07) is -0.807. The second-order valence-corrected chi connectivity index (χ2v) is 26.4. The number of unbranched alkanes of at least 4 members (excludes halogenated alkanes) is 49. The third-order valence-electron chi connectivity index (χ3n) is 18.0. The molecule has 0 aliphatic carbocycles. The van der Waals surface area contributed by atoms with Gasteiger partial charge in [0.25, 0.3) is 0 Å². The van der Waals surface area contributed by atoms with Gasteiger partial charge < -0.3 is 45.1 Å². The molecule has 11 heteroatoms. The highest BCUT2D eigenvalue weighted by atomic mass is 16.7. The van der Waals surface area contributed by atoms with Crippen LogP contribution >= 0.6 is 0 Å². The molecule has 0 saturated carbocycles. The number of aliphatic hydroxyl groups excluding tert-OH is 5. The van der Waals surface area contributed by atoms with E-state index in [-0.39, 0.29) is 18.5 Å². The van der Waals surface area contributed by atoms with Gasteiger partial charge in [-0.3, -0.25) is 9.59 Å². The Labute approximate surface area is 536 Å². The fraction of sp³-hybridized carbons (Fsp3) is 0.895. The first kappa shape index (κ1) is 82.9. The zero-order valence-corrected chi connectivity index (χ0v) is 57.0. The molecule has 1 saturated heterocycles. The Morgan fingerprint density at radius 3 is 1.16 bits per heavy atom. The smallest absolute Gasteiger partial charge is 0.305 e. The van der Waals surface area contributed by atoms with Crippen LogP contribution in [-0.4, -0.2) is 100 Å². The van der Waals surface area contributed by atoms with Gasteiger partial charge in [0, 0.05) is 12.8 Å². The van der Waals surface area contributed by atoms with E-state index in [4.69, 9.17) is 14.2 Å². The quantitative estimate of drug-likeness (QED) is 0.0195. The van der Waals surface area contributed by atoms with E-state index in [9.17, 15) is 35.1 Å². The Bertz CT molecular complexity index is 1540. The summed E-state index contributed by atoms with van der Waals surface area (Å²) in [5.41, 5.74) is 0. The molecule has 87 heavy (non-hydrogen) atoms. The lowest BCUT2D eigenvalue weighted by molar-refractivity contribution is -0.302. The third-order valence-corrected chi connectivity index (χ3v) is 18.0. The lowest BCUT2D eigenvalue weighted by atomic mass is 9.99. The Kier molecular flexibility index (Phi) is 62.3. The molecule has 7 atom stereocenters. The lowest BCUT2D eigenvalue weighted by Gasteiger charge is -2.40. The van der Waals surface area contributed by atoms with Gasteiger partial charge in [-0.1, -0.05) is 333 Å². The molecule has 0 aromatic carbocycles. The van der Waals surface area contributed by atoms with Crippen LogP contribution in [0.1, 0.15) is 373 Å². The van der Waals surface area contributed by atoms with E-state index in [1.54, 1.807) is 6.08 Å². The summed E-state index contributed by atoms with van der Waals surface area (Å²) in [7, 11) is 0. The van der Waals surface area contributed by atoms with Crippen LogP contribution in [-0.2, 0) is 23.8 Å². The van der Waals surface area contributed by atoms with Gasteiger partial charge in [-0.2, -0.15) is 0 Å². The van der Waals surface area contributed by atoms with Gasteiger partial charge in [-0.25, -0.2) is 0 Å². The van der Waals surface area contributed by atoms with Crippen molar-refractivity contribution in [2.24, 2.45) is 0 Å². The van der Waals surface area contributed by atoms with Crippen molar-refractivity contribution < 1.29 is 49.3 Å². The predicted octanol–water partition coefficient (Wildman–Crippen LogP) is 19.7. The van der Waals surface area contributed by atoms with Crippen molar-refractivity contribution in [3.63, 3.8) is 0 Å². The molecule has 1 amide bonds. The zero-order chi connectivity index (χ0) is 63.0. The van der Waals surface area contributed by atoms with Crippen LogP contribution in [0.3, 0.4) is 0 Å². The number of aliphatic hydroxyl groups is 5. The van der Waals surface area contributed by atoms with Crippen molar-refractivity contribution in [2.45, 2.75) is 416 Å². The Morgan fingerprint density at radius 2 is 0.770 bits per heavy atom. The standard InChI is InChI=1S/C76H143NO10/c1-3-5-7-9-11-13-15-16-41-44-48-52-56-60-64-72(81)85-65-61-57-53-49-45-42-39-37-35-33-31-29-27-25-23-21-19-17-18-20-22-24-26-28-30-32-34-36-38-40-43-47-51-55-59-63-71(80)77-68(67-86-76-75(84)74(83)73(82)70(66-78)87-76)69(79)62-58-54-50-46-14-12-10-8-6-4-2/h19,21,25,27,58,62,68-70,73-76,78-79,82-84H,3-18,20,22-24,26,28-57,59-61,63-67H2,1-2H3,(H,77,80)/b21-19-,27-25-,62-58+. The average molecular weight is 1230 g/mol.